The summed E-state index contributed by atoms with van der Waals surface area (Å²) in [6.45, 7) is 1.50. The Morgan fingerprint density at radius 3 is 2.58 bits per heavy atom. The molecule has 102 valence electrons. The molecule has 0 aromatic heterocycles. The topological polar surface area (TPSA) is 83.7 Å². The van der Waals surface area contributed by atoms with Gasteiger partial charge in [0, 0.05) is 18.1 Å². The number of carboxylic acid groups (broad SMARTS) is 1. The molecular formula is C13H16N2O4. The van der Waals surface area contributed by atoms with E-state index in [4.69, 9.17) is 0 Å². The highest BCUT2D eigenvalue weighted by atomic mass is 16.6. The number of benzene rings is 1. The molecule has 1 heterocycles. The maximum Gasteiger partial charge on any atom is 0.321 e. The zero-order valence-electron chi connectivity index (χ0n) is 10.5. The summed E-state index contributed by atoms with van der Waals surface area (Å²) in [6.07, 6.45) is 2.15. The quantitative estimate of drug-likeness (QED) is 0.646. The van der Waals surface area contributed by atoms with Crippen molar-refractivity contribution in [3.8, 4) is 0 Å². The molecule has 1 aromatic rings. The number of carboxylic acids is 1. The molecule has 0 aliphatic carbocycles. The van der Waals surface area contributed by atoms with Crippen LogP contribution in [0, 0.1) is 10.1 Å². The Bertz CT molecular complexity index is 483. The number of likely N-dealkylation sites (tertiary alicyclic amines) is 1. The van der Waals surface area contributed by atoms with Crippen LogP contribution >= 0.6 is 0 Å². The molecule has 0 spiro atoms. The molecule has 1 atom stereocenters. The summed E-state index contributed by atoms with van der Waals surface area (Å²) in [7, 11) is 0. The van der Waals surface area contributed by atoms with Gasteiger partial charge in [-0.25, -0.2) is 0 Å². The van der Waals surface area contributed by atoms with Crippen molar-refractivity contribution in [1.29, 1.82) is 0 Å². The lowest BCUT2D eigenvalue weighted by Crippen LogP contribution is -2.41. The molecule has 19 heavy (non-hydrogen) atoms. The van der Waals surface area contributed by atoms with Crippen molar-refractivity contribution in [2.45, 2.75) is 25.3 Å². The molecule has 1 unspecified atom stereocenters. The lowest BCUT2D eigenvalue weighted by atomic mass is 10.0. The molecule has 0 amide bonds. The maximum atomic E-state index is 11.4. The second kappa shape index (κ2) is 5.79. The van der Waals surface area contributed by atoms with Gasteiger partial charge in [0.1, 0.15) is 6.04 Å². The van der Waals surface area contributed by atoms with Gasteiger partial charge < -0.3 is 5.11 Å². The van der Waals surface area contributed by atoms with Crippen LogP contribution in [-0.4, -0.2) is 40.0 Å². The Kier molecular flexibility index (Phi) is 4.11. The van der Waals surface area contributed by atoms with Crippen molar-refractivity contribution in [2.75, 3.05) is 13.1 Å². The highest BCUT2D eigenvalue weighted by Crippen LogP contribution is 2.22. The van der Waals surface area contributed by atoms with Gasteiger partial charge in [-0.2, -0.15) is 0 Å². The second-order valence-electron chi connectivity index (χ2n) is 4.69. The van der Waals surface area contributed by atoms with E-state index in [-0.39, 0.29) is 12.1 Å². The van der Waals surface area contributed by atoms with Crippen LogP contribution in [0.15, 0.2) is 24.3 Å². The Morgan fingerprint density at radius 2 is 2.00 bits per heavy atom. The predicted octanol–water partition coefficient (Wildman–Crippen LogP) is 1.69. The van der Waals surface area contributed by atoms with E-state index in [2.05, 4.69) is 0 Å². The first-order chi connectivity index (χ1) is 9.09. The molecule has 1 saturated heterocycles. The van der Waals surface area contributed by atoms with Gasteiger partial charge in [0.25, 0.3) is 5.69 Å². The van der Waals surface area contributed by atoms with E-state index in [9.17, 15) is 20.0 Å². The number of nitro benzene ring substituents is 1. The molecule has 6 heteroatoms. The van der Waals surface area contributed by atoms with Gasteiger partial charge in [-0.15, -0.1) is 0 Å². The number of nitrogens with zero attached hydrogens (tertiary/aromatic N) is 2. The van der Waals surface area contributed by atoms with Crippen molar-refractivity contribution >= 4 is 11.7 Å². The van der Waals surface area contributed by atoms with E-state index < -0.39 is 16.9 Å². The molecule has 0 radical (unpaired) electrons. The molecule has 1 fully saturated rings. The van der Waals surface area contributed by atoms with E-state index in [0.29, 0.717) is 5.56 Å². The van der Waals surface area contributed by atoms with E-state index in [1.165, 1.54) is 6.07 Å². The summed E-state index contributed by atoms with van der Waals surface area (Å²) in [5.74, 6) is -0.917. The van der Waals surface area contributed by atoms with Gasteiger partial charge in [0.2, 0.25) is 0 Å². The molecular weight excluding hydrogens is 248 g/mol. The van der Waals surface area contributed by atoms with Gasteiger partial charge in [-0.1, -0.05) is 18.2 Å². The normalized spacial score (nSPS) is 17.3. The maximum absolute atomic E-state index is 11.4. The van der Waals surface area contributed by atoms with Gasteiger partial charge in [0.05, 0.1) is 4.92 Å². The lowest BCUT2D eigenvalue weighted by Gasteiger charge is -2.23. The van der Waals surface area contributed by atoms with Crippen LogP contribution in [0.2, 0.25) is 0 Å². The Morgan fingerprint density at radius 1 is 1.37 bits per heavy atom. The summed E-state index contributed by atoms with van der Waals surface area (Å²) >= 11 is 0. The van der Waals surface area contributed by atoms with Crippen molar-refractivity contribution in [3.63, 3.8) is 0 Å². The minimum Gasteiger partial charge on any atom is -0.480 e. The summed E-state index contributed by atoms with van der Waals surface area (Å²) < 4.78 is 0. The number of carbonyl (C=O) groups is 1. The van der Waals surface area contributed by atoms with Crippen LogP contribution < -0.4 is 0 Å². The van der Waals surface area contributed by atoms with Crippen LogP contribution in [0.4, 0.5) is 5.69 Å². The largest absolute Gasteiger partial charge is 0.480 e. The predicted molar refractivity (Wildman–Crippen MR) is 69.0 cm³/mol. The summed E-state index contributed by atoms with van der Waals surface area (Å²) in [5.41, 5.74) is 0.472. The SMILES string of the molecule is O=C(O)C(Cc1ccccc1[N+](=O)[O-])N1CCCC1. The summed E-state index contributed by atoms with van der Waals surface area (Å²) in [6, 6.07) is 5.66. The fraction of sp³-hybridized carbons (Fsp3) is 0.462. The van der Waals surface area contributed by atoms with E-state index >= 15 is 0 Å². The first kappa shape index (κ1) is 13.5. The fourth-order valence-corrected chi connectivity index (χ4v) is 2.50. The third kappa shape index (κ3) is 3.08. The molecule has 1 N–H and O–H groups in total. The van der Waals surface area contributed by atoms with Crippen molar-refractivity contribution in [1.82, 2.24) is 4.90 Å². The number of hydrogen-bond donors (Lipinski definition) is 1. The third-order valence-corrected chi connectivity index (χ3v) is 3.47. The minimum absolute atomic E-state index is 0.00653. The Balaban J connectivity index is 2.21. The van der Waals surface area contributed by atoms with Crippen molar-refractivity contribution in [3.05, 3.63) is 39.9 Å². The lowest BCUT2D eigenvalue weighted by molar-refractivity contribution is -0.385. The number of aliphatic carboxylic acids is 1. The van der Waals surface area contributed by atoms with Gasteiger partial charge >= 0.3 is 5.97 Å². The van der Waals surface area contributed by atoms with E-state index in [0.717, 1.165) is 25.9 Å². The van der Waals surface area contributed by atoms with Gasteiger partial charge in [-0.05, 0) is 25.9 Å². The minimum atomic E-state index is -0.917. The van der Waals surface area contributed by atoms with E-state index in [1.807, 2.05) is 4.90 Å². The zero-order valence-corrected chi connectivity index (χ0v) is 10.5. The van der Waals surface area contributed by atoms with E-state index in [1.54, 1.807) is 18.2 Å². The van der Waals surface area contributed by atoms with Crippen molar-refractivity contribution < 1.29 is 14.8 Å². The summed E-state index contributed by atoms with van der Waals surface area (Å²) in [5, 5.41) is 20.3. The molecule has 1 aliphatic heterocycles. The smallest absolute Gasteiger partial charge is 0.321 e. The monoisotopic (exact) mass is 264 g/mol. The first-order valence-electron chi connectivity index (χ1n) is 6.28. The Labute approximate surface area is 110 Å². The highest BCUT2D eigenvalue weighted by molar-refractivity contribution is 5.74. The van der Waals surface area contributed by atoms with Crippen LogP contribution in [-0.2, 0) is 11.2 Å². The van der Waals surface area contributed by atoms with Gasteiger partial charge in [0.15, 0.2) is 0 Å². The van der Waals surface area contributed by atoms with Crippen LogP contribution in [0.25, 0.3) is 0 Å². The molecule has 2 rings (SSSR count). The molecule has 0 bridgehead atoms. The Hall–Kier alpha value is -1.95. The standard InChI is InChI=1S/C13H16N2O4/c16-13(17)12(14-7-3-4-8-14)9-10-5-1-2-6-11(10)15(18)19/h1-2,5-6,12H,3-4,7-9H2,(H,16,17). The van der Waals surface area contributed by atoms with Crippen LogP contribution in [0.1, 0.15) is 18.4 Å². The number of nitro groups is 1. The third-order valence-electron chi connectivity index (χ3n) is 3.47. The fourth-order valence-electron chi connectivity index (χ4n) is 2.50. The van der Waals surface area contributed by atoms with Crippen LogP contribution in [0.3, 0.4) is 0 Å². The number of hydrogen-bond acceptors (Lipinski definition) is 4. The number of para-hydroxylation sites is 1. The van der Waals surface area contributed by atoms with Crippen LogP contribution in [0.5, 0.6) is 0 Å². The average molecular weight is 264 g/mol. The van der Waals surface area contributed by atoms with Gasteiger partial charge in [-0.3, -0.25) is 19.8 Å². The first-order valence-corrected chi connectivity index (χ1v) is 6.28. The molecule has 1 aliphatic rings. The summed E-state index contributed by atoms with van der Waals surface area (Å²) in [4.78, 5) is 23.7. The molecule has 6 nitrogen and oxygen atoms in total. The highest BCUT2D eigenvalue weighted by Gasteiger charge is 2.30. The number of rotatable bonds is 5. The second-order valence-corrected chi connectivity index (χ2v) is 4.69. The van der Waals surface area contributed by atoms with Crippen molar-refractivity contribution in [2.24, 2.45) is 0 Å². The molecule has 0 saturated carbocycles. The zero-order chi connectivity index (χ0) is 13.8. The average Bonchev–Trinajstić information content (AvgIpc) is 2.89. The molecule has 1 aromatic carbocycles.